The molecule has 1 unspecified atom stereocenters. The van der Waals surface area contributed by atoms with Gasteiger partial charge in [0.1, 0.15) is 0 Å². The zero-order valence-corrected chi connectivity index (χ0v) is 13.4. The predicted molar refractivity (Wildman–Crippen MR) is 86.6 cm³/mol. The van der Waals surface area contributed by atoms with Crippen molar-refractivity contribution in [1.82, 2.24) is 4.90 Å². The molecule has 1 aromatic rings. The minimum absolute atomic E-state index is 0.305. The first kappa shape index (κ1) is 16.2. The van der Waals surface area contributed by atoms with E-state index in [1.54, 1.807) is 0 Å². The van der Waals surface area contributed by atoms with Crippen LogP contribution >= 0.6 is 0 Å². The van der Waals surface area contributed by atoms with Crippen LogP contribution in [0.3, 0.4) is 0 Å². The summed E-state index contributed by atoms with van der Waals surface area (Å²) in [5.41, 5.74) is 0. The van der Waals surface area contributed by atoms with Crippen LogP contribution < -0.4 is 0 Å². The van der Waals surface area contributed by atoms with Gasteiger partial charge in [0, 0.05) is 30.2 Å². The highest BCUT2D eigenvalue weighted by molar-refractivity contribution is 7.85. The van der Waals surface area contributed by atoms with Crippen LogP contribution in [0, 0.1) is 0 Å². The Kier molecular flexibility index (Phi) is 6.93. The number of hydrogen-bond donors (Lipinski definition) is 0. The van der Waals surface area contributed by atoms with Crippen molar-refractivity contribution in [2.45, 2.75) is 49.8 Å². The fraction of sp³-hybridized carbons (Fsp3) is 0.588. The summed E-state index contributed by atoms with van der Waals surface area (Å²) in [6.45, 7) is 1.73. The van der Waals surface area contributed by atoms with Crippen LogP contribution in [-0.2, 0) is 15.6 Å². The predicted octanol–water partition coefficient (Wildman–Crippen LogP) is 3.37. The third kappa shape index (κ3) is 5.62. The van der Waals surface area contributed by atoms with Crippen molar-refractivity contribution < 1.29 is 9.00 Å². The summed E-state index contributed by atoms with van der Waals surface area (Å²) >= 11 is 0. The smallest absolute Gasteiger partial charge is 0.222 e. The van der Waals surface area contributed by atoms with Crippen molar-refractivity contribution in [3.8, 4) is 0 Å². The molecule has 1 fully saturated rings. The van der Waals surface area contributed by atoms with E-state index in [9.17, 15) is 9.00 Å². The Morgan fingerprint density at radius 1 is 1.00 bits per heavy atom. The average molecular weight is 307 g/mol. The highest BCUT2D eigenvalue weighted by Gasteiger charge is 2.14. The second-order valence-corrected chi connectivity index (χ2v) is 7.19. The molecule has 1 aromatic carbocycles. The normalized spacial score (nSPS) is 18.1. The molecule has 1 saturated heterocycles. The minimum atomic E-state index is -0.908. The van der Waals surface area contributed by atoms with Crippen molar-refractivity contribution in [3.05, 3.63) is 30.3 Å². The second-order valence-electron chi connectivity index (χ2n) is 5.61. The summed E-state index contributed by atoms with van der Waals surface area (Å²) in [5, 5.41) is 0. The maximum absolute atomic E-state index is 12.1. The number of nitrogens with zero attached hydrogens (tertiary/aromatic N) is 1. The lowest BCUT2D eigenvalue weighted by Gasteiger charge is -2.24. The van der Waals surface area contributed by atoms with Crippen LogP contribution in [0.2, 0.25) is 0 Å². The summed E-state index contributed by atoms with van der Waals surface area (Å²) in [6.07, 6.45) is 7.15. The summed E-state index contributed by atoms with van der Waals surface area (Å²) in [7, 11) is -0.908. The van der Waals surface area contributed by atoms with E-state index in [0.29, 0.717) is 18.1 Å². The standard InChI is InChI=1S/C17H25NO2S/c19-17-12-6-1-2-7-13-18(17)14-8-9-15-21(20)16-10-4-3-5-11-16/h3-5,10-11H,1-2,6-9,12-15H2. The Balaban J connectivity index is 1.68. The molecular formula is C17H25NO2S. The van der Waals surface area contributed by atoms with Gasteiger partial charge in [-0.3, -0.25) is 9.00 Å². The van der Waals surface area contributed by atoms with Crippen molar-refractivity contribution >= 4 is 16.7 Å². The fourth-order valence-corrected chi connectivity index (χ4v) is 3.84. The highest BCUT2D eigenvalue weighted by Crippen LogP contribution is 2.13. The molecule has 21 heavy (non-hydrogen) atoms. The van der Waals surface area contributed by atoms with Crippen molar-refractivity contribution in [2.24, 2.45) is 0 Å². The number of rotatable bonds is 6. The molecule has 1 aliphatic rings. The topological polar surface area (TPSA) is 37.4 Å². The van der Waals surface area contributed by atoms with Crippen LogP contribution in [0.15, 0.2) is 35.2 Å². The molecule has 4 heteroatoms. The first-order valence-electron chi connectivity index (χ1n) is 7.98. The van der Waals surface area contributed by atoms with Gasteiger partial charge in [-0.1, -0.05) is 31.0 Å². The lowest BCUT2D eigenvalue weighted by molar-refractivity contribution is -0.131. The van der Waals surface area contributed by atoms with E-state index in [1.165, 1.54) is 12.8 Å². The molecule has 0 bridgehead atoms. The van der Waals surface area contributed by atoms with Gasteiger partial charge in [0.2, 0.25) is 5.91 Å². The zero-order valence-electron chi connectivity index (χ0n) is 12.6. The number of benzene rings is 1. The molecular weight excluding hydrogens is 282 g/mol. The number of unbranched alkanes of at least 4 members (excludes halogenated alkanes) is 1. The van der Waals surface area contributed by atoms with Crippen molar-refractivity contribution in [2.75, 3.05) is 18.8 Å². The lowest BCUT2D eigenvalue weighted by Crippen LogP contribution is -2.33. The Morgan fingerprint density at radius 2 is 1.76 bits per heavy atom. The summed E-state index contributed by atoms with van der Waals surface area (Å²) in [5.74, 6) is 0.991. The van der Waals surface area contributed by atoms with Crippen molar-refractivity contribution in [3.63, 3.8) is 0 Å². The van der Waals surface area contributed by atoms with E-state index in [-0.39, 0.29) is 0 Å². The molecule has 0 spiro atoms. The Labute approximate surface area is 130 Å². The number of carbonyl (C=O) groups is 1. The SMILES string of the molecule is O=C1CCCCCCN1CCCCS(=O)c1ccccc1. The number of likely N-dealkylation sites (tertiary alicyclic amines) is 1. The summed E-state index contributed by atoms with van der Waals surface area (Å²) in [4.78, 5) is 14.9. The van der Waals surface area contributed by atoms with Crippen LogP contribution in [0.4, 0.5) is 0 Å². The molecule has 3 nitrogen and oxygen atoms in total. The lowest BCUT2D eigenvalue weighted by atomic mass is 10.1. The van der Waals surface area contributed by atoms with Gasteiger partial charge in [-0.25, -0.2) is 0 Å². The van der Waals surface area contributed by atoms with E-state index in [0.717, 1.165) is 43.7 Å². The number of carbonyl (C=O) groups excluding carboxylic acids is 1. The maximum Gasteiger partial charge on any atom is 0.222 e. The molecule has 0 saturated carbocycles. The van der Waals surface area contributed by atoms with Gasteiger partial charge < -0.3 is 4.90 Å². The third-order valence-electron chi connectivity index (χ3n) is 3.94. The van der Waals surface area contributed by atoms with Gasteiger partial charge >= 0.3 is 0 Å². The highest BCUT2D eigenvalue weighted by atomic mass is 32.2. The monoisotopic (exact) mass is 307 g/mol. The maximum atomic E-state index is 12.1. The van der Waals surface area contributed by atoms with Crippen LogP contribution in [0.25, 0.3) is 0 Å². The molecule has 1 heterocycles. The van der Waals surface area contributed by atoms with Crippen LogP contribution in [0.1, 0.15) is 44.9 Å². The molecule has 1 amide bonds. The molecule has 0 aromatic heterocycles. The Morgan fingerprint density at radius 3 is 2.57 bits per heavy atom. The van der Waals surface area contributed by atoms with Gasteiger partial charge in [0.15, 0.2) is 0 Å². The molecule has 0 N–H and O–H groups in total. The van der Waals surface area contributed by atoms with E-state index in [2.05, 4.69) is 0 Å². The molecule has 1 aliphatic heterocycles. The van der Waals surface area contributed by atoms with E-state index in [1.807, 2.05) is 35.2 Å². The second kappa shape index (κ2) is 8.98. The summed E-state index contributed by atoms with van der Waals surface area (Å²) < 4.78 is 12.1. The van der Waals surface area contributed by atoms with E-state index >= 15 is 0 Å². The molecule has 1 atom stereocenters. The van der Waals surface area contributed by atoms with Gasteiger partial charge in [-0.2, -0.15) is 0 Å². The Bertz CT molecular complexity index is 461. The molecule has 0 aliphatic carbocycles. The van der Waals surface area contributed by atoms with Gasteiger partial charge in [-0.05, 0) is 37.8 Å². The molecule has 0 radical (unpaired) electrons. The average Bonchev–Trinajstić information content (AvgIpc) is 2.50. The number of hydrogen-bond acceptors (Lipinski definition) is 2. The Hall–Kier alpha value is -1.16. The zero-order chi connectivity index (χ0) is 14.9. The van der Waals surface area contributed by atoms with E-state index < -0.39 is 10.8 Å². The largest absolute Gasteiger partial charge is 0.343 e. The van der Waals surface area contributed by atoms with Gasteiger partial charge in [0.05, 0.1) is 10.8 Å². The molecule has 116 valence electrons. The van der Waals surface area contributed by atoms with Crippen LogP contribution in [0.5, 0.6) is 0 Å². The minimum Gasteiger partial charge on any atom is -0.343 e. The first-order valence-corrected chi connectivity index (χ1v) is 9.30. The van der Waals surface area contributed by atoms with Gasteiger partial charge in [-0.15, -0.1) is 0 Å². The van der Waals surface area contributed by atoms with Crippen molar-refractivity contribution in [1.29, 1.82) is 0 Å². The molecule has 2 rings (SSSR count). The van der Waals surface area contributed by atoms with Gasteiger partial charge in [0.25, 0.3) is 0 Å². The quantitative estimate of drug-likeness (QED) is 0.756. The van der Waals surface area contributed by atoms with E-state index in [4.69, 9.17) is 0 Å². The number of amides is 1. The van der Waals surface area contributed by atoms with Crippen LogP contribution in [-0.4, -0.2) is 33.9 Å². The first-order chi connectivity index (χ1) is 10.3. The third-order valence-corrected chi connectivity index (χ3v) is 5.39. The fourth-order valence-electron chi connectivity index (χ4n) is 2.68. The summed E-state index contributed by atoms with van der Waals surface area (Å²) in [6, 6.07) is 9.61.